The molecule has 0 bridgehead atoms. The first-order valence-electron chi connectivity index (χ1n) is 10.6. The standard InChI is InChI=1S/C24H32N2O4S/c1-24(2,3)21-9-6-18(7-10-21)23(27)25-13-5-15-31(28,29)26-14-12-19-16-22(30-4)11-8-20(19)17-26/h6-11,16H,5,12-15,17H2,1-4H3,(H,25,27). The van der Waals surface area contributed by atoms with E-state index in [-0.39, 0.29) is 17.1 Å². The maximum absolute atomic E-state index is 12.8. The molecule has 168 valence electrons. The van der Waals surface area contributed by atoms with Crippen molar-refractivity contribution in [1.29, 1.82) is 0 Å². The van der Waals surface area contributed by atoms with Gasteiger partial charge in [-0.25, -0.2) is 8.42 Å². The SMILES string of the molecule is COc1ccc2c(c1)CCN(S(=O)(=O)CCCNC(=O)c1ccc(C(C)(C)C)cc1)C2. The molecule has 0 aromatic heterocycles. The number of nitrogens with zero attached hydrogens (tertiary/aromatic N) is 1. The van der Waals surface area contributed by atoms with Crippen LogP contribution in [-0.4, -0.2) is 44.6 Å². The van der Waals surface area contributed by atoms with E-state index in [1.807, 2.05) is 42.5 Å². The number of amides is 1. The molecule has 3 rings (SSSR count). The van der Waals surface area contributed by atoms with Crippen molar-refractivity contribution in [3.63, 3.8) is 0 Å². The van der Waals surface area contributed by atoms with E-state index in [0.717, 1.165) is 22.4 Å². The van der Waals surface area contributed by atoms with E-state index in [1.54, 1.807) is 7.11 Å². The Kier molecular flexibility index (Phi) is 7.06. The second kappa shape index (κ2) is 9.40. The van der Waals surface area contributed by atoms with Crippen LogP contribution >= 0.6 is 0 Å². The zero-order chi connectivity index (χ0) is 22.6. The Morgan fingerprint density at radius 3 is 2.45 bits per heavy atom. The van der Waals surface area contributed by atoms with Crippen molar-refractivity contribution in [2.45, 2.75) is 45.6 Å². The van der Waals surface area contributed by atoms with Crippen molar-refractivity contribution < 1.29 is 17.9 Å². The van der Waals surface area contributed by atoms with Crippen LogP contribution in [0, 0.1) is 0 Å². The summed E-state index contributed by atoms with van der Waals surface area (Å²) in [5, 5.41) is 2.83. The van der Waals surface area contributed by atoms with Gasteiger partial charge in [0.15, 0.2) is 0 Å². The maximum Gasteiger partial charge on any atom is 0.251 e. The number of hydrogen-bond donors (Lipinski definition) is 1. The molecule has 0 saturated heterocycles. The Hall–Kier alpha value is -2.38. The summed E-state index contributed by atoms with van der Waals surface area (Å²) in [6.07, 6.45) is 1.05. The largest absolute Gasteiger partial charge is 0.497 e. The quantitative estimate of drug-likeness (QED) is 0.663. The Morgan fingerprint density at radius 2 is 1.81 bits per heavy atom. The minimum Gasteiger partial charge on any atom is -0.497 e. The van der Waals surface area contributed by atoms with Crippen LogP contribution in [0.25, 0.3) is 0 Å². The van der Waals surface area contributed by atoms with Gasteiger partial charge in [-0.1, -0.05) is 39.0 Å². The van der Waals surface area contributed by atoms with Crippen molar-refractivity contribution >= 4 is 15.9 Å². The van der Waals surface area contributed by atoms with E-state index in [0.29, 0.717) is 38.0 Å². The molecule has 0 atom stereocenters. The number of sulfonamides is 1. The average Bonchev–Trinajstić information content (AvgIpc) is 2.75. The highest BCUT2D eigenvalue weighted by atomic mass is 32.2. The number of nitrogens with one attached hydrogen (secondary N) is 1. The Labute approximate surface area is 185 Å². The van der Waals surface area contributed by atoms with E-state index < -0.39 is 10.0 Å². The molecule has 1 amide bonds. The maximum atomic E-state index is 12.8. The van der Waals surface area contributed by atoms with Crippen LogP contribution < -0.4 is 10.1 Å². The van der Waals surface area contributed by atoms with Crippen molar-refractivity contribution in [2.75, 3.05) is 26.0 Å². The van der Waals surface area contributed by atoms with Gasteiger partial charge in [-0.15, -0.1) is 0 Å². The minimum atomic E-state index is -3.38. The van der Waals surface area contributed by atoms with Crippen molar-refractivity contribution in [2.24, 2.45) is 0 Å². The lowest BCUT2D eigenvalue weighted by Crippen LogP contribution is -2.38. The monoisotopic (exact) mass is 444 g/mol. The molecular weight excluding hydrogens is 412 g/mol. The van der Waals surface area contributed by atoms with E-state index in [4.69, 9.17) is 4.74 Å². The fraction of sp³-hybridized carbons (Fsp3) is 0.458. The van der Waals surface area contributed by atoms with E-state index >= 15 is 0 Å². The highest BCUT2D eigenvalue weighted by molar-refractivity contribution is 7.89. The summed E-state index contributed by atoms with van der Waals surface area (Å²) >= 11 is 0. The summed E-state index contributed by atoms with van der Waals surface area (Å²) in [6, 6.07) is 13.3. The molecular formula is C24H32N2O4S. The second-order valence-corrected chi connectivity index (χ2v) is 11.1. The molecule has 1 aliphatic heterocycles. The first-order valence-corrected chi connectivity index (χ1v) is 12.2. The van der Waals surface area contributed by atoms with Crippen LogP contribution in [0.5, 0.6) is 5.75 Å². The van der Waals surface area contributed by atoms with Crippen LogP contribution in [0.3, 0.4) is 0 Å². The molecule has 0 unspecified atom stereocenters. The zero-order valence-corrected chi connectivity index (χ0v) is 19.6. The molecule has 0 aliphatic carbocycles. The summed E-state index contributed by atoms with van der Waals surface area (Å²) in [5.41, 5.74) is 3.93. The predicted octanol–water partition coefficient (Wildman–Crippen LogP) is 3.50. The number of rotatable bonds is 7. The van der Waals surface area contributed by atoms with Gasteiger partial charge in [0.1, 0.15) is 5.75 Å². The van der Waals surface area contributed by atoms with Gasteiger partial charge < -0.3 is 10.1 Å². The lowest BCUT2D eigenvalue weighted by molar-refractivity contribution is 0.0953. The highest BCUT2D eigenvalue weighted by Gasteiger charge is 2.26. The summed E-state index contributed by atoms with van der Waals surface area (Å²) < 4.78 is 32.3. The third-order valence-corrected chi connectivity index (χ3v) is 7.56. The molecule has 0 radical (unpaired) electrons. The van der Waals surface area contributed by atoms with Gasteiger partial charge >= 0.3 is 0 Å². The first-order chi connectivity index (χ1) is 14.6. The Morgan fingerprint density at radius 1 is 1.10 bits per heavy atom. The topological polar surface area (TPSA) is 75.7 Å². The highest BCUT2D eigenvalue weighted by Crippen LogP contribution is 2.25. The van der Waals surface area contributed by atoms with Crippen LogP contribution in [0.1, 0.15) is 54.2 Å². The van der Waals surface area contributed by atoms with Crippen LogP contribution in [0.4, 0.5) is 0 Å². The zero-order valence-electron chi connectivity index (χ0n) is 18.8. The smallest absolute Gasteiger partial charge is 0.251 e. The average molecular weight is 445 g/mol. The minimum absolute atomic E-state index is 0.0156. The van der Waals surface area contributed by atoms with Crippen LogP contribution in [-0.2, 0) is 28.4 Å². The van der Waals surface area contributed by atoms with Crippen LogP contribution in [0.15, 0.2) is 42.5 Å². The summed E-state index contributed by atoms with van der Waals surface area (Å²) in [4.78, 5) is 12.3. The van der Waals surface area contributed by atoms with E-state index in [1.165, 1.54) is 4.31 Å². The van der Waals surface area contributed by atoms with Crippen molar-refractivity contribution in [3.05, 3.63) is 64.7 Å². The molecule has 6 nitrogen and oxygen atoms in total. The first kappa shape index (κ1) is 23.3. The number of carbonyl (C=O) groups excluding carboxylic acids is 1. The van der Waals surface area contributed by atoms with Gasteiger partial charge in [0.05, 0.1) is 12.9 Å². The van der Waals surface area contributed by atoms with E-state index in [9.17, 15) is 13.2 Å². The Bertz CT molecular complexity index is 1020. The fourth-order valence-electron chi connectivity index (χ4n) is 3.68. The fourth-order valence-corrected chi connectivity index (χ4v) is 5.15. The normalized spacial score (nSPS) is 14.7. The summed E-state index contributed by atoms with van der Waals surface area (Å²) in [6.45, 7) is 7.55. The third kappa shape index (κ3) is 5.86. The predicted molar refractivity (Wildman–Crippen MR) is 123 cm³/mol. The van der Waals surface area contributed by atoms with Crippen molar-refractivity contribution in [1.82, 2.24) is 9.62 Å². The lowest BCUT2D eigenvalue weighted by atomic mass is 9.87. The molecule has 2 aromatic carbocycles. The van der Waals surface area contributed by atoms with Gasteiger partial charge in [-0.2, -0.15) is 4.31 Å². The van der Waals surface area contributed by atoms with Gasteiger partial charge in [-0.05, 0) is 59.2 Å². The summed E-state index contributed by atoms with van der Waals surface area (Å²) in [7, 11) is -1.75. The van der Waals surface area contributed by atoms with Gasteiger partial charge in [-0.3, -0.25) is 4.79 Å². The third-order valence-electron chi connectivity index (χ3n) is 5.66. The number of benzene rings is 2. The Balaban J connectivity index is 1.49. The molecule has 0 fully saturated rings. The molecule has 0 spiro atoms. The van der Waals surface area contributed by atoms with Crippen molar-refractivity contribution in [3.8, 4) is 5.75 Å². The second-order valence-electron chi connectivity index (χ2n) is 8.97. The molecule has 1 heterocycles. The molecule has 0 saturated carbocycles. The molecule has 2 aromatic rings. The molecule has 7 heteroatoms. The van der Waals surface area contributed by atoms with Gasteiger partial charge in [0.25, 0.3) is 5.91 Å². The summed E-state index contributed by atoms with van der Waals surface area (Å²) in [5.74, 6) is 0.624. The number of fused-ring (bicyclic) bond motifs is 1. The van der Waals surface area contributed by atoms with Gasteiger partial charge in [0.2, 0.25) is 10.0 Å². The molecule has 1 N–H and O–H groups in total. The number of carbonyl (C=O) groups is 1. The van der Waals surface area contributed by atoms with Crippen LogP contribution in [0.2, 0.25) is 0 Å². The van der Waals surface area contributed by atoms with Gasteiger partial charge in [0, 0.05) is 25.2 Å². The van der Waals surface area contributed by atoms with E-state index in [2.05, 4.69) is 26.1 Å². The lowest BCUT2D eigenvalue weighted by Gasteiger charge is -2.28. The molecule has 31 heavy (non-hydrogen) atoms. The number of hydrogen-bond acceptors (Lipinski definition) is 4. The molecule has 1 aliphatic rings. The number of methoxy groups -OCH3 is 1. The number of ether oxygens (including phenoxy) is 1.